The van der Waals surface area contributed by atoms with Crippen LogP contribution in [-0.4, -0.2) is 10.7 Å². The van der Waals surface area contributed by atoms with Crippen molar-refractivity contribution in [2.75, 3.05) is 0 Å². The topological polar surface area (TPSA) is 20.2 Å². The predicted molar refractivity (Wildman–Crippen MR) is 91.5 cm³/mol. The highest BCUT2D eigenvalue weighted by molar-refractivity contribution is 5.23. The molecule has 4 saturated carbocycles. The summed E-state index contributed by atoms with van der Waals surface area (Å²) < 4.78 is 0. The summed E-state index contributed by atoms with van der Waals surface area (Å²) in [7, 11) is 0. The molecule has 4 aliphatic rings. The van der Waals surface area contributed by atoms with Crippen LogP contribution in [0.25, 0.3) is 0 Å². The Bertz CT molecular complexity index is 476. The lowest BCUT2D eigenvalue weighted by Gasteiger charge is -2.56. The zero-order chi connectivity index (χ0) is 15.5. The van der Waals surface area contributed by atoms with E-state index >= 15 is 0 Å². The van der Waals surface area contributed by atoms with Crippen molar-refractivity contribution in [3.05, 3.63) is 11.6 Å². The van der Waals surface area contributed by atoms with Crippen molar-refractivity contribution >= 4 is 0 Å². The second kappa shape index (κ2) is 5.10. The van der Waals surface area contributed by atoms with E-state index in [-0.39, 0.29) is 5.60 Å². The highest BCUT2D eigenvalue weighted by Gasteiger charge is 2.55. The van der Waals surface area contributed by atoms with Crippen LogP contribution in [0.15, 0.2) is 11.6 Å². The van der Waals surface area contributed by atoms with E-state index < -0.39 is 0 Å². The smallest absolute Gasteiger partial charge is 0.0622 e. The molecule has 1 heteroatoms. The number of allylic oxidation sites excluding steroid dienone is 2. The summed E-state index contributed by atoms with van der Waals surface area (Å²) in [4.78, 5) is 0. The molecule has 4 aliphatic carbocycles. The van der Waals surface area contributed by atoms with Gasteiger partial charge < -0.3 is 5.11 Å². The molecule has 1 nitrogen and oxygen atoms in total. The first-order valence-electron chi connectivity index (χ1n) is 9.83. The van der Waals surface area contributed by atoms with Gasteiger partial charge >= 0.3 is 0 Å². The van der Waals surface area contributed by atoms with Crippen LogP contribution in [0.1, 0.15) is 78.6 Å². The SMILES string of the molecule is C/C=C1/CC[C@H]2C3CC[C@@H]4C[C@](C)(O)CC[C@@H]4[C@H]3CC[C@]12C. The van der Waals surface area contributed by atoms with Crippen molar-refractivity contribution in [3.63, 3.8) is 0 Å². The van der Waals surface area contributed by atoms with Gasteiger partial charge in [0, 0.05) is 0 Å². The van der Waals surface area contributed by atoms with E-state index in [1.54, 1.807) is 5.57 Å². The monoisotopic (exact) mass is 302 g/mol. The molecule has 4 rings (SSSR count). The molecule has 0 aromatic carbocycles. The van der Waals surface area contributed by atoms with Crippen LogP contribution in [0, 0.1) is 35.0 Å². The number of aliphatic hydroxyl groups is 1. The fourth-order valence-electron chi connectivity index (χ4n) is 7.40. The molecule has 22 heavy (non-hydrogen) atoms. The van der Waals surface area contributed by atoms with Crippen LogP contribution in [-0.2, 0) is 0 Å². The molecule has 0 radical (unpaired) electrons. The van der Waals surface area contributed by atoms with Crippen molar-refractivity contribution in [2.45, 2.75) is 84.2 Å². The van der Waals surface area contributed by atoms with Gasteiger partial charge in [-0.25, -0.2) is 0 Å². The lowest BCUT2D eigenvalue weighted by molar-refractivity contribution is -0.0899. The van der Waals surface area contributed by atoms with Crippen LogP contribution < -0.4 is 0 Å². The average Bonchev–Trinajstić information content (AvgIpc) is 2.82. The maximum absolute atomic E-state index is 10.5. The maximum Gasteiger partial charge on any atom is 0.0622 e. The number of fused-ring (bicyclic) bond motifs is 5. The van der Waals surface area contributed by atoms with Gasteiger partial charge in [-0.05, 0) is 107 Å². The van der Waals surface area contributed by atoms with Gasteiger partial charge in [0.2, 0.25) is 0 Å². The minimum absolute atomic E-state index is 0.372. The molecule has 4 fully saturated rings. The lowest BCUT2D eigenvalue weighted by atomic mass is 9.49. The molecule has 0 aromatic heterocycles. The Balaban J connectivity index is 1.57. The lowest BCUT2D eigenvalue weighted by Crippen LogP contribution is -2.49. The van der Waals surface area contributed by atoms with E-state index in [2.05, 4.69) is 26.8 Å². The zero-order valence-electron chi connectivity index (χ0n) is 14.8. The summed E-state index contributed by atoms with van der Waals surface area (Å²) >= 11 is 0. The van der Waals surface area contributed by atoms with Crippen molar-refractivity contribution < 1.29 is 5.11 Å². The molecule has 0 bridgehead atoms. The van der Waals surface area contributed by atoms with Crippen LogP contribution in [0.4, 0.5) is 0 Å². The zero-order valence-corrected chi connectivity index (χ0v) is 14.8. The Kier molecular flexibility index (Phi) is 3.53. The average molecular weight is 303 g/mol. The predicted octanol–water partition coefficient (Wildman–Crippen LogP) is 5.34. The standard InChI is InChI=1S/C21H34O/c1-4-15-6-8-19-18-7-5-14-13-20(2,22)11-9-16(14)17(18)10-12-21(15,19)3/h4,14,16-19,22H,5-13H2,1-3H3/b15-4-/t14-,16+,17-,18?,19+,20-,21-/m1/s1. The van der Waals surface area contributed by atoms with Crippen LogP contribution in [0.3, 0.4) is 0 Å². The van der Waals surface area contributed by atoms with E-state index in [4.69, 9.17) is 0 Å². The second-order valence-electron chi connectivity index (χ2n) is 9.48. The van der Waals surface area contributed by atoms with Gasteiger partial charge in [-0.2, -0.15) is 0 Å². The molecule has 0 aromatic rings. The third kappa shape index (κ3) is 2.14. The van der Waals surface area contributed by atoms with Crippen LogP contribution in [0.5, 0.6) is 0 Å². The van der Waals surface area contributed by atoms with Crippen molar-refractivity contribution in [2.24, 2.45) is 35.0 Å². The van der Waals surface area contributed by atoms with Crippen molar-refractivity contribution in [1.29, 1.82) is 0 Å². The quantitative estimate of drug-likeness (QED) is 0.599. The molecule has 0 amide bonds. The fourth-order valence-corrected chi connectivity index (χ4v) is 7.40. The summed E-state index contributed by atoms with van der Waals surface area (Å²) in [6.07, 6.45) is 14.4. The first kappa shape index (κ1) is 15.2. The van der Waals surface area contributed by atoms with Gasteiger partial charge in [-0.15, -0.1) is 0 Å². The highest BCUT2D eigenvalue weighted by Crippen LogP contribution is 2.64. The van der Waals surface area contributed by atoms with Crippen LogP contribution in [0.2, 0.25) is 0 Å². The van der Waals surface area contributed by atoms with E-state index in [0.717, 1.165) is 42.4 Å². The van der Waals surface area contributed by atoms with Gasteiger partial charge in [-0.1, -0.05) is 18.6 Å². The van der Waals surface area contributed by atoms with E-state index in [1.165, 1.54) is 44.9 Å². The highest BCUT2D eigenvalue weighted by atomic mass is 16.3. The Hall–Kier alpha value is -0.300. The number of hydrogen-bond donors (Lipinski definition) is 1. The summed E-state index contributed by atoms with van der Waals surface area (Å²) in [6, 6.07) is 0. The van der Waals surface area contributed by atoms with Gasteiger partial charge in [0.15, 0.2) is 0 Å². The number of hydrogen-bond acceptors (Lipinski definition) is 1. The Morgan fingerprint density at radius 3 is 2.50 bits per heavy atom. The minimum Gasteiger partial charge on any atom is -0.390 e. The van der Waals surface area contributed by atoms with Gasteiger partial charge in [0.05, 0.1) is 5.60 Å². The second-order valence-corrected chi connectivity index (χ2v) is 9.48. The van der Waals surface area contributed by atoms with Gasteiger partial charge in [0.25, 0.3) is 0 Å². The molecule has 124 valence electrons. The Labute approximate surface area is 136 Å². The van der Waals surface area contributed by atoms with E-state index in [9.17, 15) is 5.11 Å². The summed E-state index contributed by atoms with van der Waals surface area (Å²) in [6.45, 7) is 6.91. The Morgan fingerprint density at radius 1 is 0.955 bits per heavy atom. The third-order valence-electron chi connectivity index (χ3n) is 8.43. The normalized spacial score (nSPS) is 56.4. The van der Waals surface area contributed by atoms with Crippen molar-refractivity contribution in [3.8, 4) is 0 Å². The molecule has 1 unspecified atom stereocenters. The molecule has 0 saturated heterocycles. The number of rotatable bonds is 0. The molecule has 0 spiro atoms. The molecule has 0 aliphatic heterocycles. The van der Waals surface area contributed by atoms with E-state index in [1.807, 2.05) is 0 Å². The summed E-state index contributed by atoms with van der Waals surface area (Å²) in [5.74, 6) is 4.67. The molecule has 7 atom stereocenters. The van der Waals surface area contributed by atoms with Crippen molar-refractivity contribution in [1.82, 2.24) is 0 Å². The third-order valence-corrected chi connectivity index (χ3v) is 8.43. The fraction of sp³-hybridized carbons (Fsp3) is 0.905. The largest absolute Gasteiger partial charge is 0.390 e. The summed E-state index contributed by atoms with van der Waals surface area (Å²) in [5, 5.41) is 10.5. The van der Waals surface area contributed by atoms with Gasteiger partial charge in [0.1, 0.15) is 0 Å². The first-order chi connectivity index (χ1) is 10.4. The Morgan fingerprint density at radius 2 is 1.73 bits per heavy atom. The molecule has 0 heterocycles. The first-order valence-corrected chi connectivity index (χ1v) is 9.83. The summed E-state index contributed by atoms with van der Waals surface area (Å²) in [5.41, 5.74) is 1.93. The van der Waals surface area contributed by atoms with Crippen LogP contribution >= 0.6 is 0 Å². The van der Waals surface area contributed by atoms with Gasteiger partial charge in [-0.3, -0.25) is 0 Å². The minimum atomic E-state index is -0.372. The molecular formula is C21H34O. The van der Waals surface area contributed by atoms with E-state index in [0.29, 0.717) is 5.41 Å². The molecular weight excluding hydrogens is 268 g/mol. The molecule has 1 N–H and O–H groups in total. The maximum atomic E-state index is 10.5.